The molecule has 1 aliphatic carbocycles. The molecule has 0 bridgehead atoms. The molecular formula is C26H32ClN3O6. The summed E-state index contributed by atoms with van der Waals surface area (Å²) in [7, 11) is 1.25. The number of ether oxygens (including phenoxy) is 3. The number of halogens is 1. The zero-order valence-electron chi connectivity index (χ0n) is 21.3. The zero-order chi connectivity index (χ0) is 26.0. The Kier molecular flexibility index (Phi) is 5.89. The van der Waals surface area contributed by atoms with Crippen molar-refractivity contribution in [3.63, 3.8) is 0 Å². The first-order valence-corrected chi connectivity index (χ1v) is 12.7. The van der Waals surface area contributed by atoms with Gasteiger partial charge in [-0.1, -0.05) is 11.6 Å². The summed E-state index contributed by atoms with van der Waals surface area (Å²) in [4.78, 5) is 40.1. The normalized spacial score (nSPS) is 22.2. The molecule has 1 N–H and O–H groups in total. The Bertz CT molecular complexity index is 1310. The van der Waals surface area contributed by atoms with Gasteiger partial charge in [0.15, 0.2) is 5.75 Å². The van der Waals surface area contributed by atoms with Gasteiger partial charge < -0.3 is 24.4 Å². The summed E-state index contributed by atoms with van der Waals surface area (Å²) in [5.41, 5.74) is 0.107. The molecule has 9 nitrogen and oxygen atoms in total. The number of amides is 1. The fourth-order valence-corrected chi connectivity index (χ4v) is 5.83. The third-order valence-electron chi connectivity index (χ3n) is 7.34. The minimum atomic E-state index is -0.680. The smallest absolute Gasteiger partial charge is 0.408 e. The molecule has 2 fully saturated rings. The maximum Gasteiger partial charge on any atom is 0.408 e. The van der Waals surface area contributed by atoms with Crippen LogP contribution in [0.1, 0.15) is 63.4 Å². The summed E-state index contributed by atoms with van der Waals surface area (Å²) in [5.74, 6) is 0.103. The quantitative estimate of drug-likeness (QED) is 0.604. The minimum Gasteiger partial charge on any atom is -0.487 e. The van der Waals surface area contributed by atoms with Crippen LogP contribution in [0.2, 0.25) is 5.02 Å². The lowest BCUT2D eigenvalue weighted by atomic mass is 9.96. The second-order valence-corrected chi connectivity index (χ2v) is 11.5. The molecule has 194 valence electrons. The average Bonchev–Trinajstić information content (AvgIpc) is 3.39. The van der Waals surface area contributed by atoms with Gasteiger partial charge >= 0.3 is 12.1 Å². The Morgan fingerprint density at radius 1 is 1.25 bits per heavy atom. The fraction of sp³-hybridized carbons (Fsp3) is 0.577. The lowest BCUT2D eigenvalue weighted by Gasteiger charge is -2.32. The highest BCUT2D eigenvalue weighted by atomic mass is 35.5. The molecule has 0 radical (unpaired) electrons. The number of hydrogen-bond acceptors (Lipinski definition) is 7. The van der Waals surface area contributed by atoms with Gasteiger partial charge in [-0.15, -0.1) is 0 Å². The molecule has 2 aromatic rings. The van der Waals surface area contributed by atoms with Crippen LogP contribution in [0.4, 0.5) is 10.5 Å². The highest BCUT2D eigenvalue weighted by Gasteiger charge is 2.53. The number of esters is 1. The van der Waals surface area contributed by atoms with Crippen LogP contribution >= 0.6 is 11.6 Å². The molecule has 10 heteroatoms. The second-order valence-electron chi connectivity index (χ2n) is 11.1. The summed E-state index contributed by atoms with van der Waals surface area (Å²) in [6.45, 7) is 9.15. The van der Waals surface area contributed by atoms with Gasteiger partial charge in [-0.25, -0.2) is 9.59 Å². The van der Waals surface area contributed by atoms with E-state index in [1.165, 1.54) is 13.2 Å². The Morgan fingerprint density at radius 3 is 2.61 bits per heavy atom. The lowest BCUT2D eigenvalue weighted by Crippen LogP contribution is -2.45. The molecule has 1 aromatic heterocycles. The molecule has 2 aliphatic heterocycles. The molecule has 0 unspecified atom stereocenters. The van der Waals surface area contributed by atoms with Crippen molar-refractivity contribution in [2.45, 2.75) is 64.1 Å². The average molecular weight is 518 g/mol. The number of rotatable bonds is 4. The number of hydrogen-bond donors (Lipinski definition) is 1. The van der Waals surface area contributed by atoms with Crippen LogP contribution in [0.25, 0.3) is 10.9 Å². The van der Waals surface area contributed by atoms with E-state index in [1.54, 1.807) is 10.6 Å². The van der Waals surface area contributed by atoms with Crippen molar-refractivity contribution in [1.29, 1.82) is 0 Å². The van der Waals surface area contributed by atoms with Gasteiger partial charge in [-0.3, -0.25) is 9.36 Å². The molecule has 3 aliphatic rings. The van der Waals surface area contributed by atoms with E-state index in [0.29, 0.717) is 28.2 Å². The summed E-state index contributed by atoms with van der Waals surface area (Å²) in [6.07, 6.45) is 2.31. The van der Waals surface area contributed by atoms with Gasteiger partial charge in [-0.05, 0) is 59.1 Å². The maximum absolute atomic E-state index is 13.2. The van der Waals surface area contributed by atoms with Crippen molar-refractivity contribution in [3.8, 4) is 5.75 Å². The Balaban J connectivity index is 1.49. The Morgan fingerprint density at radius 2 is 1.97 bits per heavy atom. The maximum atomic E-state index is 13.2. The van der Waals surface area contributed by atoms with Crippen molar-refractivity contribution in [1.82, 2.24) is 9.88 Å². The van der Waals surface area contributed by atoms with E-state index in [1.807, 2.05) is 27.7 Å². The van der Waals surface area contributed by atoms with Crippen LogP contribution in [0.5, 0.6) is 5.75 Å². The molecule has 1 saturated heterocycles. The predicted molar refractivity (Wildman–Crippen MR) is 136 cm³/mol. The van der Waals surface area contributed by atoms with Gasteiger partial charge in [0.25, 0.3) is 5.56 Å². The topological polar surface area (TPSA) is 99.1 Å². The van der Waals surface area contributed by atoms with Crippen molar-refractivity contribution in [2.24, 2.45) is 5.92 Å². The highest BCUT2D eigenvalue weighted by molar-refractivity contribution is 6.35. The van der Waals surface area contributed by atoms with E-state index in [9.17, 15) is 14.4 Å². The first kappa shape index (κ1) is 24.7. The Labute approximate surface area is 214 Å². The molecular weight excluding hydrogens is 486 g/mol. The molecule has 2 atom stereocenters. The van der Waals surface area contributed by atoms with Crippen LogP contribution in [0.15, 0.2) is 16.9 Å². The number of methoxy groups -OCH3 is 1. The van der Waals surface area contributed by atoms with Crippen LogP contribution in [-0.4, -0.2) is 54.6 Å². The molecule has 1 aromatic carbocycles. The number of carbonyl (C=O) groups excluding carboxylic acids is 2. The fourth-order valence-electron chi connectivity index (χ4n) is 5.51. The summed E-state index contributed by atoms with van der Waals surface area (Å²) in [5, 5.41) is 4.25. The third-order valence-corrected chi connectivity index (χ3v) is 7.63. The van der Waals surface area contributed by atoms with Crippen LogP contribution < -0.4 is 20.5 Å². The van der Waals surface area contributed by atoms with E-state index in [0.717, 1.165) is 31.5 Å². The number of nitrogens with zero attached hydrogens (tertiary/aromatic N) is 2. The summed E-state index contributed by atoms with van der Waals surface area (Å²) < 4.78 is 18.1. The van der Waals surface area contributed by atoms with E-state index < -0.39 is 17.1 Å². The lowest BCUT2D eigenvalue weighted by molar-refractivity contribution is 0.0476. The van der Waals surface area contributed by atoms with Gasteiger partial charge in [0, 0.05) is 29.9 Å². The molecule has 3 heterocycles. The van der Waals surface area contributed by atoms with Crippen molar-refractivity contribution < 1.29 is 23.8 Å². The van der Waals surface area contributed by atoms with Crippen LogP contribution in [-0.2, 0) is 9.47 Å². The largest absolute Gasteiger partial charge is 0.487 e. The zero-order valence-corrected chi connectivity index (χ0v) is 22.0. The SMILES string of the molecule is COC(=O)c1cc2cc(Cl)c(N3CC[C@@H](C4(NC(=O)OC(C)(C)C)CC4)C3)c3c2n(c1=O)[C@@H](C)CO3. The van der Waals surface area contributed by atoms with Gasteiger partial charge in [-0.2, -0.15) is 0 Å². The summed E-state index contributed by atoms with van der Waals surface area (Å²) in [6, 6.07) is 3.04. The number of alkyl carbamates (subject to hydrolysis) is 1. The molecule has 0 spiro atoms. The number of aromatic nitrogens is 1. The number of carbonyl (C=O) groups is 2. The molecule has 1 amide bonds. The predicted octanol–water partition coefficient (Wildman–Crippen LogP) is 4.28. The molecule has 5 rings (SSSR count). The van der Waals surface area contributed by atoms with Crippen molar-refractivity contribution >= 4 is 40.3 Å². The summed E-state index contributed by atoms with van der Waals surface area (Å²) >= 11 is 6.81. The molecule has 1 saturated carbocycles. The first-order valence-electron chi connectivity index (χ1n) is 12.3. The van der Waals surface area contributed by atoms with Crippen molar-refractivity contribution in [3.05, 3.63) is 33.1 Å². The van der Waals surface area contributed by atoms with Crippen molar-refractivity contribution in [2.75, 3.05) is 31.7 Å². The van der Waals surface area contributed by atoms with E-state index in [2.05, 4.69) is 10.2 Å². The van der Waals surface area contributed by atoms with Crippen LogP contribution in [0.3, 0.4) is 0 Å². The first-order chi connectivity index (χ1) is 16.9. The molecule has 36 heavy (non-hydrogen) atoms. The minimum absolute atomic E-state index is 0.0290. The van der Waals surface area contributed by atoms with E-state index in [4.69, 9.17) is 25.8 Å². The monoisotopic (exact) mass is 517 g/mol. The number of benzene rings is 1. The van der Waals surface area contributed by atoms with E-state index >= 15 is 0 Å². The number of nitrogens with one attached hydrogen (secondary N) is 1. The second kappa shape index (κ2) is 8.57. The van der Waals surface area contributed by atoms with Gasteiger partial charge in [0.1, 0.15) is 23.5 Å². The standard InChI is InChI=1S/C26H32ClN3O6/c1-14-13-35-21-19-15(10-17(23(32)34-5)22(31)30(14)19)11-18(27)20(21)29-9-6-16(12-29)26(7-8-26)28-24(33)36-25(2,3)4/h10-11,14,16H,6-9,12-13H2,1-5H3,(H,28,33)/t14-,16+/m0/s1. The van der Waals surface area contributed by atoms with Gasteiger partial charge in [0.05, 0.1) is 23.7 Å². The van der Waals surface area contributed by atoms with E-state index in [-0.39, 0.29) is 35.8 Å². The number of pyridine rings is 1. The van der Waals surface area contributed by atoms with Crippen LogP contribution in [0, 0.1) is 5.92 Å². The van der Waals surface area contributed by atoms with Gasteiger partial charge in [0.2, 0.25) is 0 Å². The third kappa shape index (κ3) is 4.17. The Hall–Kier alpha value is -2.94. The highest BCUT2D eigenvalue weighted by Crippen LogP contribution is 2.50. The number of anilines is 1.